The van der Waals surface area contributed by atoms with Crippen molar-refractivity contribution in [2.24, 2.45) is 4.99 Å². The number of ether oxygens (including phenoxy) is 1. The fraction of sp³-hybridized carbons (Fsp3) is 0.500. The molecule has 1 aromatic carbocycles. The van der Waals surface area contributed by atoms with Crippen LogP contribution in [-0.2, 0) is 0 Å². The van der Waals surface area contributed by atoms with Crippen LogP contribution in [0.3, 0.4) is 0 Å². The molecule has 0 saturated heterocycles. The SMILES string of the molecule is CCCNC(=NC)NCCCOc1ccccc1. The summed E-state index contributed by atoms with van der Waals surface area (Å²) in [4.78, 5) is 4.13. The molecule has 0 spiro atoms. The first-order valence-corrected chi connectivity index (χ1v) is 6.49. The van der Waals surface area contributed by atoms with Gasteiger partial charge >= 0.3 is 0 Å². The van der Waals surface area contributed by atoms with E-state index in [1.54, 1.807) is 7.05 Å². The Morgan fingerprint density at radius 1 is 1.17 bits per heavy atom. The van der Waals surface area contributed by atoms with Crippen molar-refractivity contribution >= 4 is 5.96 Å². The zero-order valence-electron chi connectivity index (χ0n) is 11.3. The van der Waals surface area contributed by atoms with E-state index in [0.29, 0.717) is 6.61 Å². The molecule has 4 heteroatoms. The average molecular weight is 249 g/mol. The molecule has 0 aromatic heterocycles. The molecule has 0 amide bonds. The van der Waals surface area contributed by atoms with E-state index in [4.69, 9.17) is 4.74 Å². The lowest BCUT2D eigenvalue weighted by Crippen LogP contribution is -2.38. The predicted octanol–water partition coefficient (Wildman–Crippen LogP) is 2.03. The van der Waals surface area contributed by atoms with E-state index in [1.165, 1.54) is 0 Å². The molecule has 0 heterocycles. The Kier molecular flexibility index (Phi) is 7.44. The number of hydrogen-bond acceptors (Lipinski definition) is 2. The summed E-state index contributed by atoms with van der Waals surface area (Å²) in [6, 6.07) is 9.87. The Hall–Kier alpha value is -1.71. The summed E-state index contributed by atoms with van der Waals surface area (Å²) in [5.41, 5.74) is 0. The zero-order chi connectivity index (χ0) is 13.1. The third-order valence-electron chi connectivity index (χ3n) is 2.39. The van der Waals surface area contributed by atoms with E-state index >= 15 is 0 Å². The molecule has 0 unspecified atom stereocenters. The van der Waals surface area contributed by atoms with Gasteiger partial charge in [0, 0.05) is 20.1 Å². The molecule has 0 aliphatic heterocycles. The minimum absolute atomic E-state index is 0.710. The van der Waals surface area contributed by atoms with Gasteiger partial charge in [0.2, 0.25) is 0 Å². The maximum absolute atomic E-state index is 5.60. The number of nitrogens with one attached hydrogen (secondary N) is 2. The highest BCUT2D eigenvalue weighted by molar-refractivity contribution is 5.79. The van der Waals surface area contributed by atoms with Gasteiger partial charge in [-0.25, -0.2) is 0 Å². The van der Waals surface area contributed by atoms with Crippen LogP contribution in [0.5, 0.6) is 5.75 Å². The van der Waals surface area contributed by atoms with Crippen molar-refractivity contribution in [1.82, 2.24) is 10.6 Å². The molecule has 100 valence electrons. The van der Waals surface area contributed by atoms with Crippen LogP contribution in [0, 0.1) is 0 Å². The average Bonchev–Trinajstić information content (AvgIpc) is 2.43. The Morgan fingerprint density at radius 3 is 2.56 bits per heavy atom. The highest BCUT2D eigenvalue weighted by Crippen LogP contribution is 2.07. The fourth-order valence-electron chi connectivity index (χ4n) is 1.45. The van der Waals surface area contributed by atoms with Crippen LogP contribution < -0.4 is 15.4 Å². The van der Waals surface area contributed by atoms with E-state index < -0.39 is 0 Å². The fourth-order valence-corrected chi connectivity index (χ4v) is 1.45. The Bertz CT molecular complexity index is 338. The topological polar surface area (TPSA) is 45.7 Å². The molecule has 2 N–H and O–H groups in total. The van der Waals surface area contributed by atoms with Crippen LogP contribution in [0.25, 0.3) is 0 Å². The predicted molar refractivity (Wildman–Crippen MR) is 76.2 cm³/mol. The summed E-state index contributed by atoms with van der Waals surface area (Å²) in [6.07, 6.45) is 2.04. The molecule has 1 rings (SSSR count). The molecule has 1 aromatic rings. The largest absolute Gasteiger partial charge is 0.494 e. The van der Waals surface area contributed by atoms with Crippen molar-refractivity contribution in [3.8, 4) is 5.75 Å². The maximum Gasteiger partial charge on any atom is 0.190 e. The van der Waals surface area contributed by atoms with E-state index in [2.05, 4.69) is 22.5 Å². The van der Waals surface area contributed by atoms with Gasteiger partial charge in [-0.2, -0.15) is 0 Å². The first-order chi connectivity index (χ1) is 8.86. The van der Waals surface area contributed by atoms with Crippen LogP contribution >= 0.6 is 0 Å². The summed E-state index contributed by atoms with van der Waals surface area (Å²) >= 11 is 0. The summed E-state index contributed by atoms with van der Waals surface area (Å²) in [5.74, 6) is 1.78. The standard InChI is InChI=1S/C14H23N3O/c1-3-10-16-14(15-2)17-11-7-12-18-13-8-5-4-6-9-13/h4-6,8-9H,3,7,10-12H2,1-2H3,(H2,15,16,17). The molecule has 18 heavy (non-hydrogen) atoms. The van der Waals surface area contributed by atoms with Crippen molar-refractivity contribution in [1.29, 1.82) is 0 Å². The van der Waals surface area contributed by atoms with Crippen molar-refractivity contribution in [3.63, 3.8) is 0 Å². The first kappa shape index (κ1) is 14.4. The van der Waals surface area contributed by atoms with E-state index in [-0.39, 0.29) is 0 Å². The van der Waals surface area contributed by atoms with Gasteiger partial charge in [0.15, 0.2) is 5.96 Å². The molecule has 0 atom stereocenters. The molecule has 0 radical (unpaired) electrons. The minimum atomic E-state index is 0.710. The van der Waals surface area contributed by atoms with Gasteiger partial charge in [0.1, 0.15) is 5.75 Å². The van der Waals surface area contributed by atoms with Gasteiger partial charge < -0.3 is 15.4 Å². The van der Waals surface area contributed by atoms with Crippen molar-refractivity contribution in [2.45, 2.75) is 19.8 Å². The third kappa shape index (κ3) is 6.13. The lowest BCUT2D eigenvalue weighted by Gasteiger charge is -2.11. The lowest BCUT2D eigenvalue weighted by atomic mass is 10.3. The van der Waals surface area contributed by atoms with Gasteiger partial charge in [-0.15, -0.1) is 0 Å². The molecule has 0 bridgehead atoms. The molecular weight excluding hydrogens is 226 g/mol. The minimum Gasteiger partial charge on any atom is -0.494 e. The van der Waals surface area contributed by atoms with Gasteiger partial charge in [-0.1, -0.05) is 25.1 Å². The normalized spacial score (nSPS) is 11.1. The van der Waals surface area contributed by atoms with Crippen LogP contribution in [0.2, 0.25) is 0 Å². The number of benzene rings is 1. The number of rotatable bonds is 7. The quantitative estimate of drug-likeness (QED) is 0.441. The van der Waals surface area contributed by atoms with Crippen molar-refractivity contribution in [3.05, 3.63) is 30.3 Å². The summed E-state index contributed by atoms with van der Waals surface area (Å²) in [6.45, 7) is 4.65. The number of guanidine groups is 1. The van der Waals surface area contributed by atoms with Gasteiger partial charge in [0.25, 0.3) is 0 Å². The molecule has 4 nitrogen and oxygen atoms in total. The van der Waals surface area contributed by atoms with Crippen molar-refractivity contribution in [2.75, 3.05) is 26.7 Å². The Morgan fingerprint density at radius 2 is 1.89 bits per heavy atom. The summed E-state index contributed by atoms with van der Waals surface area (Å²) in [7, 11) is 1.78. The monoisotopic (exact) mass is 249 g/mol. The highest BCUT2D eigenvalue weighted by Gasteiger charge is 1.96. The molecule has 0 aliphatic carbocycles. The second kappa shape index (κ2) is 9.33. The zero-order valence-corrected chi connectivity index (χ0v) is 11.3. The Labute approximate surface area is 109 Å². The van der Waals surface area contributed by atoms with Crippen LogP contribution in [-0.4, -0.2) is 32.7 Å². The highest BCUT2D eigenvalue weighted by atomic mass is 16.5. The van der Waals surface area contributed by atoms with Gasteiger partial charge in [-0.05, 0) is 25.0 Å². The van der Waals surface area contributed by atoms with Crippen LogP contribution in [0.1, 0.15) is 19.8 Å². The van der Waals surface area contributed by atoms with E-state index in [0.717, 1.165) is 37.6 Å². The smallest absolute Gasteiger partial charge is 0.190 e. The van der Waals surface area contributed by atoms with Crippen LogP contribution in [0.15, 0.2) is 35.3 Å². The second-order valence-electron chi connectivity index (χ2n) is 3.94. The summed E-state index contributed by atoms with van der Waals surface area (Å²) < 4.78 is 5.60. The van der Waals surface area contributed by atoms with Gasteiger partial charge in [-0.3, -0.25) is 4.99 Å². The maximum atomic E-state index is 5.60. The lowest BCUT2D eigenvalue weighted by molar-refractivity contribution is 0.311. The molecule has 0 saturated carbocycles. The van der Waals surface area contributed by atoms with E-state index in [1.807, 2.05) is 30.3 Å². The molecule has 0 aliphatic rings. The molecular formula is C14H23N3O. The number of hydrogen-bond donors (Lipinski definition) is 2. The van der Waals surface area contributed by atoms with Crippen LogP contribution in [0.4, 0.5) is 0 Å². The molecule has 0 fully saturated rings. The number of para-hydroxylation sites is 1. The Balaban J connectivity index is 2.07. The van der Waals surface area contributed by atoms with Gasteiger partial charge in [0.05, 0.1) is 6.61 Å². The van der Waals surface area contributed by atoms with Crippen molar-refractivity contribution < 1.29 is 4.74 Å². The number of aliphatic imine (C=N–C) groups is 1. The number of nitrogens with zero attached hydrogens (tertiary/aromatic N) is 1. The second-order valence-corrected chi connectivity index (χ2v) is 3.94. The third-order valence-corrected chi connectivity index (χ3v) is 2.39. The summed E-state index contributed by atoms with van der Waals surface area (Å²) in [5, 5.41) is 6.48. The van der Waals surface area contributed by atoms with E-state index in [9.17, 15) is 0 Å². The first-order valence-electron chi connectivity index (χ1n) is 6.49.